The maximum absolute atomic E-state index is 13.8. The average molecular weight is 467 g/mol. The van der Waals surface area contributed by atoms with Crippen LogP contribution in [0, 0.1) is 11.6 Å². The summed E-state index contributed by atoms with van der Waals surface area (Å²) in [5.41, 5.74) is 4.53. The predicted octanol–water partition coefficient (Wildman–Crippen LogP) is 9.91. The summed E-state index contributed by atoms with van der Waals surface area (Å²) in [6.45, 7) is 0. The van der Waals surface area contributed by atoms with Crippen LogP contribution < -0.4 is 0 Å². The third-order valence-electron chi connectivity index (χ3n) is 7.11. The second kappa shape index (κ2) is 8.00. The van der Waals surface area contributed by atoms with Gasteiger partial charge in [0, 0.05) is 0 Å². The maximum Gasteiger partial charge on any atom is 0.123 e. The van der Waals surface area contributed by atoms with Crippen molar-refractivity contribution in [3.63, 3.8) is 0 Å². The van der Waals surface area contributed by atoms with Gasteiger partial charge in [-0.15, -0.1) is 0 Å². The van der Waals surface area contributed by atoms with Crippen LogP contribution in [0.25, 0.3) is 65.3 Å². The van der Waals surface area contributed by atoms with Crippen molar-refractivity contribution in [3.05, 3.63) is 133 Å². The first-order valence-electron chi connectivity index (χ1n) is 12.0. The van der Waals surface area contributed by atoms with E-state index in [4.69, 9.17) is 0 Å². The van der Waals surface area contributed by atoms with Gasteiger partial charge in [0.1, 0.15) is 11.6 Å². The van der Waals surface area contributed by atoms with Crippen molar-refractivity contribution in [1.29, 1.82) is 0 Å². The fraction of sp³-hybridized carbons (Fsp3) is 0. The van der Waals surface area contributed by atoms with Crippen LogP contribution in [0.2, 0.25) is 0 Å². The van der Waals surface area contributed by atoms with Crippen LogP contribution in [-0.4, -0.2) is 0 Å². The lowest BCUT2D eigenvalue weighted by molar-refractivity contribution is 0.629. The Labute approximate surface area is 207 Å². The lowest BCUT2D eigenvalue weighted by atomic mass is 9.85. The molecule has 0 heterocycles. The molecule has 0 aliphatic rings. The topological polar surface area (TPSA) is 0 Å². The highest BCUT2D eigenvalue weighted by Gasteiger charge is 2.17. The fourth-order valence-electron chi connectivity index (χ4n) is 5.49. The van der Waals surface area contributed by atoms with Crippen LogP contribution in [-0.2, 0) is 0 Å². The summed E-state index contributed by atoms with van der Waals surface area (Å²) in [4.78, 5) is 0. The molecular weight excluding hydrogens is 446 g/mol. The predicted molar refractivity (Wildman–Crippen MR) is 147 cm³/mol. The Balaban J connectivity index is 1.57. The number of benzene rings is 7. The number of hydrogen-bond donors (Lipinski definition) is 0. The lowest BCUT2D eigenvalue weighted by Crippen LogP contribution is -1.91. The van der Waals surface area contributed by atoms with Crippen molar-refractivity contribution in [1.82, 2.24) is 0 Å². The molecule has 0 radical (unpaired) electrons. The van der Waals surface area contributed by atoms with Crippen molar-refractivity contribution >= 4 is 43.1 Å². The van der Waals surface area contributed by atoms with E-state index in [0.717, 1.165) is 54.2 Å². The molecule has 0 aliphatic carbocycles. The van der Waals surface area contributed by atoms with Gasteiger partial charge < -0.3 is 0 Å². The van der Waals surface area contributed by atoms with E-state index >= 15 is 0 Å². The van der Waals surface area contributed by atoms with Crippen molar-refractivity contribution < 1.29 is 8.78 Å². The van der Waals surface area contributed by atoms with Crippen LogP contribution in [0.1, 0.15) is 0 Å². The summed E-state index contributed by atoms with van der Waals surface area (Å²) in [7, 11) is 0. The van der Waals surface area contributed by atoms with E-state index in [1.165, 1.54) is 23.3 Å². The quantitative estimate of drug-likeness (QED) is 0.222. The number of hydrogen-bond acceptors (Lipinski definition) is 0. The van der Waals surface area contributed by atoms with Gasteiger partial charge in [0.05, 0.1) is 0 Å². The molecule has 0 saturated heterocycles. The number of fused-ring (bicyclic) bond motifs is 4. The van der Waals surface area contributed by atoms with Crippen LogP contribution in [0.3, 0.4) is 0 Å². The molecule has 0 N–H and O–H groups in total. The molecule has 0 fully saturated rings. The van der Waals surface area contributed by atoms with Gasteiger partial charge in [-0.25, -0.2) is 8.78 Å². The van der Waals surface area contributed by atoms with Crippen molar-refractivity contribution in [2.45, 2.75) is 0 Å². The Morgan fingerprint density at radius 2 is 0.667 bits per heavy atom. The zero-order chi connectivity index (χ0) is 24.2. The zero-order valence-corrected chi connectivity index (χ0v) is 19.3. The highest BCUT2D eigenvalue weighted by Crippen LogP contribution is 2.44. The first-order chi connectivity index (χ1) is 17.7. The van der Waals surface area contributed by atoms with E-state index in [0.29, 0.717) is 0 Å². The van der Waals surface area contributed by atoms with Gasteiger partial charge in [-0.1, -0.05) is 84.9 Å². The minimum absolute atomic E-state index is 0.228. The molecule has 7 aromatic carbocycles. The Morgan fingerprint density at radius 3 is 1.06 bits per heavy atom. The largest absolute Gasteiger partial charge is 0.207 e. The molecule has 0 unspecified atom stereocenters. The van der Waals surface area contributed by atoms with E-state index < -0.39 is 0 Å². The highest BCUT2D eigenvalue weighted by atomic mass is 19.1. The van der Waals surface area contributed by atoms with Crippen molar-refractivity contribution in [2.75, 3.05) is 0 Å². The molecule has 170 valence electrons. The van der Waals surface area contributed by atoms with E-state index in [2.05, 4.69) is 72.8 Å². The average Bonchev–Trinajstić information content (AvgIpc) is 2.91. The molecule has 0 nitrogen and oxygen atoms in total. The number of rotatable bonds is 2. The van der Waals surface area contributed by atoms with Crippen LogP contribution in [0.4, 0.5) is 8.78 Å². The van der Waals surface area contributed by atoms with E-state index in [1.54, 1.807) is 12.1 Å². The maximum atomic E-state index is 13.8. The van der Waals surface area contributed by atoms with Crippen LogP contribution in [0.15, 0.2) is 121 Å². The van der Waals surface area contributed by atoms with E-state index in [1.807, 2.05) is 24.3 Å². The van der Waals surface area contributed by atoms with Crippen molar-refractivity contribution in [2.24, 2.45) is 0 Å². The monoisotopic (exact) mass is 466 g/mol. The highest BCUT2D eigenvalue weighted by molar-refractivity contribution is 6.22. The standard InChI is InChI=1S/C34H20F2/c35-27-15-13-21-17-25(11-9-23(21)19-27)33-29-5-1-2-6-30(29)34(32-8-4-3-7-31(32)33)26-12-10-24-20-28(36)16-14-22(24)18-26/h1-20H. The number of halogens is 2. The van der Waals surface area contributed by atoms with Gasteiger partial charge in [0.2, 0.25) is 0 Å². The Kier molecular flexibility index (Phi) is 4.62. The molecule has 2 heteroatoms. The molecule has 0 aliphatic heterocycles. The summed E-state index contributed by atoms with van der Waals surface area (Å²) >= 11 is 0. The SMILES string of the molecule is Fc1ccc2cc(-c3c4ccccc4c(-c4ccc5cc(F)ccc5c4)c4ccccc34)ccc2c1. The minimum atomic E-state index is -0.228. The summed E-state index contributed by atoms with van der Waals surface area (Å²) < 4.78 is 27.6. The molecule has 7 aromatic rings. The molecule has 7 rings (SSSR count). The van der Waals surface area contributed by atoms with Gasteiger partial charge in [0.15, 0.2) is 0 Å². The van der Waals surface area contributed by atoms with Gasteiger partial charge in [-0.3, -0.25) is 0 Å². The molecule has 0 amide bonds. The second-order valence-corrected chi connectivity index (χ2v) is 9.25. The van der Waals surface area contributed by atoms with Crippen LogP contribution in [0.5, 0.6) is 0 Å². The zero-order valence-electron chi connectivity index (χ0n) is 19.3. The molecule has 0 bridgehead atoms. The second-order valence-electron chi connectivity index (χ2n) is 9.25. The first-order valence-corrected chi connectivity index (χ1v) is 12.0. The molecule has 36 heavy (non-hydrogen) atoms. The summed E-state index contributed by atoms with van der Waals surface area (Å²) in [5.74, 6) is -0.456. The van der Waals surface area contributed by atoms with E-state index in [9.17, 15) is 8.78 Å². The third kappa shape index (κ3) is 3.26. The van der Waals surface area contributed by atoms with Crippen LogP contribution >= 0.6 is 0 Å². The van der Waals surface area contributed by atoms with Gasteiger partial charge in [-0.05, 0) is 102 Å². The Morgan fingerprint density at radius 1 is 0.333 bits per heavy atom. The van der Waals surface area contributed by atoms with Gasteiger partial charge in [-0.2, -0.15) is 0 Å². The minimum Gasteiger partial charge on any atom is -0.207 e. The first kappa shape index (κ1) is 20.8. The molecule has 0 atom stereocenters. The van der Waals surface area contributed by atoms with E-state index in [-0.39, 0.29) is 11.6 Å². The molecule has 0 spiro atoms. The molecule has 0 aromatic heterocycles. The van der Waals surface area contributed by atoms with Gasteiger partial charge in [0.25, 0.3) is 0 Å². The van der Waals surface area contributed by atoms with Crippen molar-refractivity contribution in [3.8, 4) is 22.3 Å². The summed E-state index contributed by atoms with van der Waals surface area (Å²) in [6.07, 6.45) is 0. The summed E-state index contributed by atoms with van der Waals surface area (Å²) in [5, 5.41) is 8.42. The molecule has 0 saturated carbocycles. The summed E-state index contributed by atoms with van der Waals surface area (Å²) in [6, 6.07) is 39.3. The lowest BCUT2D eigenvalue weighted by Gasteiger charge is -2.18. The Bertz CT molecular complexity index is 1770. The fourth-order valence-corrected chi connectivity index (χ4v) is 5.49. The molecular formula is C34H20F2. The van der Waals surface area contributed by atoms with Gasteiger partial charge >= 0.3 is 0 Å². The Hall–Kier alpha value is -4.56. The normalized spacial score (nSPS) is 11.6. The smallest absolute Gasteiger partial charge is 0.123 e. The third-order valence-corrected chi connectivity index (χ3v) is 7.11.